The Hall–Kier alpha value is -2.79. The van der Waals surface area contributed by atoms with E-state index in [2.05, 4.69) is 27.4 Å². The van der Waals surface area contributed by atoms with Gasteiger partial charge in [0.2, 0.25) is 5.95 Å². The first-order valence-electron chi connectivity index (χ1n) is 7.12. The van der Waals surface area contributed by atoms with Crippen LogP contribution in [0.5, 0.6) is 0 Å². The number of rotatable bonds is 2. The molecule has 23 heavy (non-hydrogen) atoms. The molecule has 3 aromatic rings. The predicted molar refractivity (Wildman–Crippen MR) is 96.7 cm³/mol. The summed E-state index contributed by atoms with van der Waals surface area (Å²) in [4.78, 5) is 9.05. The van der Waals surface area contributed by atoms with E-state index in [4.69, 9.17) is 5.73 Å². The molecule has 2 heterocycles. The van der Waals surface area contributed by atoms with E-state index in [1.54, 1.807) is 0 Å². The zero-order chi connectivity index (χ0) is 14.9. The van der Waals surface area contributed by atoms with E-state index in [-0.39, 0.29) is 18.6 Å². The summed E-state index contributed by atoms with van der Waals surface area (Å²) in [7, 11) is 0. The molecule has 116 valence electrons. The Kier molecular flexibility index (Phi) is 4.04. The summed E-state index contributed by atoms with van der Waals surface area (Å²) in [6.07, 6.45) is 3.87. The highest BCUT2D eigenvalue weighted by Gasteiger charge is 2.21. The summed E-state index contributed by atoms with van der Waals surface area (Å²) >= 11 is 0. The Balaban J connectivity index is 0.00000156. The van der Waals surface area contributed by atoms with E-state index < -0.39 is 0 Å². The van der Waals surface area contributed by atoms with Crippen molar-refractivity contribution in [2.24, 2.45) is 10.7 Å². The summed E-state index contributed by atoms with van der Waals surface area (Å²) in [6.45, 7) is 0. The third-order valence-electron chi connectivity index (χ3n) is 3.63. The Morgan fingerprint density at radius 2 is 1.78 bits per heavy atom. The van der Waals surface area contributed by atoms with Crippen molar-refractivity contribution in [3.8, 4) is 0 Å². The second kappa shape index (κ2) is 6.14. The first kappa shape index (κ1) is 15.1. The highest BCUT2D eigenvalue weighted by Crippen LogP contribution is 2.28. The Bertz CT molecular complexity index is 882. The van der Waals surface area contributed by atoms with Crippen LogP contribution in [0, 0.1) is 0 Å². The number of para-hydroxylation sites is 2. The monoisotopic (exact) mass is 325 g/mol. The van der Waals surface area contributed by atoms with Gasteiger partial charge in [-0.1, -0.05) is 48.5 Å². The average Bonchev–Trinajstić information content (AvgIpc) is 2.91. The summed E-state index contributed by atoms with van der Waals surface area (Å²) in [5.74, 6) is 1.10. The van der Waals surface area contributed by atoms with Crippen LogP contribution in [0.15, 0.2) is 65.7 Å². The molecule has 0 spiro atoms. The van der Waals surface area contributed by atoms with Gasteiger partial charge in [-0.3, -0.25) is 9.88 Å². The molecule has 0 saturated carbocycles. The number of imidazole rings is 1. The van der Waals surface area contributed by atoms with Gasteiger partial charge in [0.15, 0.2) is 12.1 Å². The molecule has 1 aromatic heterocycles. The number of aromatic nitrogens is 2. The van der Waals surface area contributed by atoms with Crippen LogP contribution >= 0.6 is 12.4 Å². The number of anilines is 1. The van der Waals surface area contributed by atoms with Gasteiger partial charge in [0.1, 0.15) is 0 Å². The smallest absolute Gasteiger partial charge is 0.212 e. The highest BCUT2D eigenvalue weighted by molar-refractivity contribution is 5.94. The van der Waals surface area contributed by atoms with Crippen LogP contribution in [0.1, 0.15) is 11.7 Å². The van der Waals surface area contributed by atoms with Gasteiger partial charge < -0.3 is 5.73 Å². The first-order valence-corrected chi connectivity index (χ1v) is 7.12. The van der Waals surface area contributed by atoms with Gasteiger partial charge in [0.05, 0.1) is 11.0 Å². The van der Waals surface area contributed by atoms with Gasteiger partial charge in [0.25, 0.3) is 0 Å². The number of fused-ring (bicyclic) bond motifs is 3. The lowest BCUT2D eigenvalue weighted by Crippen LogP contribution is -2.30. The van der Waals surface area contributed by atoms with Crippen LogP contribution in [0.25, 0.3) is 17.1 Å². The van der Waals surface area contributed by atoms with Crippen molar-refractivity contribution < 1.29 is 0 Å². The van der Waals surface area contributed by atoms with Gasteiger partial charge in [-0.05, 0) is 23.8 Å². The molecule has 1 aliphatic rings. The van der Waals surface area contributed by atoms with Crippen LogP contribution in [-0.4, -0.2) is 15.5 Å². The molecule has 1 aliphatic heterocycles. The van der Waals surface area contributed by atoms with Gasteiger partial charge in [-0.25, -0.2) is 9.98 Å². The molecule has 0 aliphatic carbocycles. The number of hydrogen-bond acceptors (Lipinski definition) is 4. The number of halogens is 1. The van der Waals surface area contributed by atoms with E-state index in [0.717, 1.165) is 22.5 Å². The van der Waals surface area contributed by atoms with Crippen LogP contribution in [0.4, 0.5) is 5.95 Å². The van der Waals surface area contributed by atoms with E-state index in [9.17, 15) is 0 Å². The Morgan fingerprint density at radius 1 is 1.04 bits per heavy atom. The zero-order valence-electron chi connectivity index (χ0n) is 12.3. The molecule has 4 rings (SSSR count). The summed E-state index contributed by atoms with van der Waals surface area (Å²) in [5, 5.41) is 3.02. The lowest BCUT2D eigenvalue weighted by molar-refractivity contribution is 0.650. The maximum atomic E-state index is 5.88. The molecule has 0 saturated heterocycles. The Labute approximate surface area is 140 Å². The standard InChI is InChI=1S/C17H15N5.ClH/c18-16-20-15(11-10-12-6-2-1-3-7-12)22-14-9-5-4-8-13(14)19-17(22)21-16;/h1-11,15H,(H3,18,19,20,21);1H/b11-10+;. The molecule has 1 atom stereocenters. The molecule has 6 heteroatoms. The predicted octanol–water partition coefficient (Wildman–Crippen LogP) is 3.41. The molecule has 0 radical (unpaired) electrons. The molecule has 1 unspecified atom stereocenters. The van der Waals surface area contributed by atoms with Gasteiger partial charge >= 0.3 is 0 Å². The summed E-state index contributed by atoms with van der Waals surface area (Å²) in [5.41, 5.74) is 8.96. The lowest BCUT2D eigenvalue weighted by Gasteiger charge is -2.21. The number of aliphatic imine (C=N–C) groups is 1. The minimum Gasteiger partial charge on any atom is -0.370 e. The number of nitrogens with two attached hydrogens (primary N) is 1. The second-order valence-corrected chi connectivity index (χ2v) is 5.12. The van der Waals surface area contributed by atoms with Crippen molar-refractivity contribution in [2.45, 2.75) is 6.17 Å². The number of guanidine groups is 1. The van der Waals surface area contributed by atoms with Gasteiger partial charge in [-0.15, -0.1) is 12.4 Å². The SMILES string of the molecule is Cl.NC1=NC(/C=C/c2ccccc2)n2c(nc3ccccc32)N1. The maximum absolute atomic E-state index is 5.88. The van der Waals surface area contributed by atoms with Crippen molar-refractivity contribution in [2.75, 3.05) is 5.32 Å². The summed E-state index contributed by atoms with van der Waals surface area (Å²) in [6, 6.07) is 18.1. The minimum atomic E-state index is -0.205. The fourth-order valence-corrected chi connectivity index (χ4v) is 2.64. The number of hydrogen-bond donors (Lipinski definition) is 2. The van der Waals surface area contributed by atoms with Crippen LogP contribution < -0.4 is 11.1 Å². The van der Waals surface area contributed by atoms with Crippen molar-refractivity contribution in [3.63, 3.8) is 0 Å². The number of benzene rings is 2. The Morgan fingerprint density at radius 3 is 2.61 bits per heavy atom. The highest BCUT2D eigenvalue weighted by atomic mass is 35.5. The molecule has 2 aromatic carbocycles. The zero-order valence-corrected chi connectivity index (χ0v) is 13.1. The number of nitrogens with zero attached hydrogens (tertiary/aromatic N) is 3. The third kappa shape index (κ3) is 2.78. The van der Waals surface area contributed by atoms with Crippen molar-refractivity contribution in [1.82, 2.24) is 9.55 Å². The molecule has 0 amide bonds. The first-order chi connectivity index (χ1) is 10.8. The third-order valence-corrected chi connectivity index (χ3v) is 3.63. The van der Waals surface area contributed by atoms with Crippen molar-refractivity contribution in [1.29, 1.82) is 0 Å². The van der Waals surface area contributed by atoms with Crippen molar-refractivity contribution in [3.05, 3.63) is 66.2 Å². The van der Waals surface area contributed by atoms with E-state index in [0.29, 0.717) is 5.96 Å². The molecular formula is C17H16ClN5. The normalized spacial score (nSPS) is 16.5. The fraction of sp³-hybridized carbons (Fsp3) is 0.0588. The van der Waals surface area contributed by atoms with E-state index in [1.165, 1.54) is 0 Å². The molecule has 0 fully saturated rings. The van der Waals surface area contributed by atoms with Gasteiger partial charge in [0, 0.05) is 0 Å². The van der Waals surface area contributed by atoms with Gasteiger partial charge in [-0.2, -0.15) is 0 Å². The van der Waals surface area contributed by atoms with Crippen LogP contribution in [0.2, 0.25) is 0 Å². The molecule has 5 nitrogen and oxygen atoms in total. The fourth-order valence-electron chi connectivity index (χ4n) is 2.64. The maximum Gasteiger partial charge on any atom is 0.212 e. The quantitative estimate of drug-likeness (QED) is 0.758. The lowest BCUT2D eigenvalue weighted by atomic mass is 10.2. The van der Waals surface area contributed by atoms with Crippen molar-refractivity contribution >= 4 is 41.4 Å². The average molecular weight is 326 g/mol. The molecule has 3 N–H and O–H groups in total. The molecular weight excluding hydrogens is 310 g/mol. The second-order valence-electron chi connectivity index (χ2n) is 5.12. The van der Waals surface area contributed by atoms with Crippen LogP contribution in [-0.2, 0) is 0 Å². The topological polar surface area (TPSA) is 68.2 Å². The minimum absolute atomic E-state index is 0. The van der Waals surface area contributed by atoms with Crippen LogP contribution in [0.3, 0.4) is 0 Å². The largest absolute Gasteiger partial charge is 0.370 e. The molecule has 0 bridgehead atoms. The van der Waals surface area contributed by atoms with E-state index >= 15 is 0 Å². The number of nitrogens with one attached hydrogen (secondary N) is 1. The summed E-state index contributed by atoms with van der Waals surface area (Å²) < 4.78 is 2.05. The van der Waals surface area contributed by atoms with E-state index in [1.807, 2.05) is 59.2 Å².